The maximum Gasteiger partial charge on any atom is 0.356 e. The fourth-order valence-corrected chi connectivity index (χ4v) is 1.83. The van der Waals surface area contributed by atoms with Crippen molar-refractivity contribution in [3.8, 4) is 0 Å². The lowest BCUT2D eigenvalue weighted by Gasteiger charge is -2.06. The summed E-state index contributed by atoms with van der Waals surface area (Å²) in [4.78, 5) is 27.5. The van der Waals surface area contributed by atoms with Gasteiger partial charge < -0.3 is 9.47 Å². The molecular weight excluding hydrogens is 282 g/mol. The smallest absolute Gasteiger partial charge is 0.356 e. The average Bonchev–Trinajstić information content (AvgIpc) is 2.55. The zero-order chi connectivity index (χ0) is 16.2. The average molecular weight is 307 g/mol. The van der Waals surface area contributed by atoms with Crippen LogP contribution in [0.25, 0.3) is 0 Å². The van der Waals surface area contributed by atoms with Crippen molar-refractivity contribution >= 4 is 11.9 Å². The van der Waals surface area contributed by atoms with E-state index < -0.39 is 11.9 Å². The number of unbranched alkanes of at least 4 members (excludes halogenated alkanes) is 4. The van der Waals surface area contributed by atoms with Crippen LogP contribution < -0.4 is 0 Å². The summed E-state index contributed by atoms with van der Waals surface area (Å²) in [6, 6.07) is 3.03. The van der Waals surface area contributed by atoms with Gasteiger partial charge in [-0.2, -0.15) is 0 Å². The quantitative estimate of drug-likeness (QED) is 0.486. The molecule has 122 valence electrons. The molecule has 1 aromatic heterocycles. The number of aromatic nitrogens is 1. The molecule has 0 aliphatic rings. The largest absolute Gasteiger partial charge is 0.462 e. The van der Waals surface area contributed by atoms with Gasteiger partial charge in [0.1, 0.15) is 5.69 Å². The van der Waals surface area contributed by atoms with Crippen molar-refractivity contribution in [2.45, 2.75) is 52.4 Å². The van der Waals surface area contributed by atoms with Gasteiger partial charge in [0.05, 0.1) is 18.8 Å². The van der Waals surface area contributed by atoms with E-state index in [9.17, 15) is 9.59 Å². The van der Waals surface area contributed by atoms with E-state index in [-0.39, 0.29) is 5.69 Å². The van der Waals surface area contributed by atoms with Gasteiger partial charge in [0, 0.05) is 6.20 Å². The zero-order valence-electron chi connectivity index (χ0n) is 13.5. The third-order valence-corrected chi connectivity index (χ3v) is 3.17. The molecule has 0 atom stereocenters. The van der Waals surface area contributed by atoms with E-state index in [0.717, 1.165) is 38.5 Å². The third-order valence-electron chi connectivity index (χ3n) is 3.17. The predicted octanol–water partition coefficient (Wildman–Crippen LogP) is 3.78. The van der Waals surface area contributed by atoms with Gasteiger partial charge in [0.2, 0.25) is 0 Å². The zero-order valence-corrected chi connectivity index (χ0v) is 13.5. The van der Waals surface area contributed by atoms with Crippen molar-refractivity contribution in [1.82, 2.24) is 4.98 Å². The first-order chi connectivity index (χ1) is 10.7. The van der Waals surface area contributed by atoms with Crippen LogP contribution in [-0.2, 0) is 9.47 Å². The number of nitrogens with zero attached hydrogens (tertiary/aromatic N) is 1. The molecule has 0 aromatic carbocycles. The van der Waals surface area contributed by atoms with E-state index in [0.29, 0.717) is 18.8 Å². The van der Waals surface area contributed by atoms with Crippen LogP contribution in [0.3, 0.4) is 0 Å². The van der Waals surface area contributed by atoms with E-state index in [1.807, 2.05) is 0 Å². The van der Waals surface area contributed by atoms with Crippen LogP contribution in [0.2, 0.25) is 0 Å². The molecule has 0 saturated carbocycles. The Morgan fingerprint density at radius 1 is 0.909 bits per heavy atom. The molecule has 5 nitrogen and oxygen atoms in total. The highest BCUT2D eigenvalue weighted by atomic mass is 16.5. The van der Waals surface area contributed by atoms with Crippen LogP contribution in [0.4, 0.5) is 0 Å². The van der Waals surface area contributed by atoms with Crippen molar-refractivity contribution < 1.29 is 19.1 Å². The summed E-state index contributed by atoms with van der Waals surface area (Å²) in [7, 11) is 0. The summed E-state index contributed by atoms with van der Waals surface area (Å²) >= 11 is 0. The minimum absolute atomic E-state index is 0.207. The normalized spacial score (nSPS) is 10.3. The van der Waals surface area contributed by atoms with Gasteiger partial charge in [0.15, 0.2) is 0 Å². The van der Waals surface area contributed by atoms with E-state index in [1.165, 1.54) is 18.3 Å². The highest BCUT2D eigenvalue weighted by Crippen LogP contribution is 2.06. The number of carbonyl (C=O) groups is 2. The summed E-state index contributed by atoms with van der Waals surface area (Å²) < 4.78 is 10.2. The Bertz CT molecular complexity index is 413. The molecule has 0 aliphatic carbocycles. The summed E-state index contributed by atoms with van der Waals surface area (Å²) in [6.07, 6.45) is 7.28. The third kappa shape index (κ3) is 6.70. The molecule has 1 aromatic rings. The second-order valence-corrected chi connectivity index (χ2v) is 5.12. The summed E-state index contributed by atoms with van der Waals surface area (Å²) in [5.74, 6) is -0.870. The van der Waals surface area contributed by atoms with E-state index in [4.69, 9.17) is 9.47 Å². The molecular formula is C17H25NO4. The molecule has 22 heavy (non-hydrogen) atoms. The van der Waals surface area contributed by atoms with Crippen molar-refractivity contribution in [3.63, 3.8) is 0 Å². The van der Waals surface area contributed by atoms with E-state index in [2.05, 4.69) is 18.8 Å². The van der Waals surface area contributed by atoms with Crippen molar-refractivity contribution in [3.05, 3.63) is 29.6 Å². The summed E-state index contributed by atoms with van der Waals surface area (Å²) in [5, 5.41) is 0. The molecule has 1 heterocycles. The molecule has 0 saturated heterocycles. The molecule has 0 bridgehead atoms. The van der Waals surface area contributed by atoms with Crippen LogP contribution >= 0.6 is 0 Å². The standard InChI is InChI=1S/C17H25NO4/c1-3-5-7-11-21-16(19)14-9-10-15(18-13-14)17(20)22-12-8-6-4-2/h9-10,13H,3-8,11-12H2,1-2H3. The minimum Gasteiger partial charge on any atom is -0.462 e. The molecule has 0 unspecified atom stereocenters. The Balaban J connectivity index is 2.41. The molecule has 0 fully saturated rings. The Kier molecular flexibility index (Phi) is 8.88. The fourth-order valence-electron chi connectivity index (χ4n) is 1.83. The van der Waals surface area contributed by atoms with Crippen LogP contribution in [0.15, 0.2) is 18.3 Å². The predicted molar refractivity (Wildman–Crippen MR) is 83.9 cm³/mol. The molecule has 0 spiro atoms. The molecule has 0 amide bonds. The molecule has 0 radical (unpaired) electrons. The first-order valence-electron chi connectivity index (χ1n) is 7.99. The number of ether oxygens (including phenoxy) is 2. The topological polar surface area (TPSA) is 65.5 Å². The van der Waals surface area contributed by atoms with Gasteiger partial charge in [-0.05, 0) is 25.0 Å². The number of pyridine rings is 1. The highest BCUT2D eigenvalue weighted by Gasteiger charge is 2.12. The monoisotopic (exact) mass is 307 g/mol. The summed E-state index contributed by atoms with van der Waals surface area (Å²) in [5.41, 5.74) is 0.554. The lowest BCUT2D eigenvalue weighted by atomic mass is 10.2. The van der Waals surface area contributed by atoms with E-state index in [1.54, 1.807) is 0 Å². The van der Waals surface area contributed by atoms with Gasteiger partial charge in [-0.25, -0.2) is 14.6 Å². The molecule has 0 aliphatic heterocycles. The van der Waals surface area contributed by atoms with Crippen LogP contribution in [0.1, 0.15) is 73.2 Å². The van der Waals surface area contributed by atoms with Crippen molar-refractivity contribution in [2.24, 2.45) is 0 Å². The van der Waals surface area contributed by atoms with Crippen LogP contribution in [-0.4, -0.2) is 30.1 Å². The lowest BCUT2D eigenvalue weighted by Crippen LogP contribution is -2.11. The first-order valence-corrected chi connectivity index (χ1v) is 7.99. The van der Waals surface area contributed by atoms with Gasteiger partial charge >= 0.3 is 11.9 Å². The van der Waals surface area contributed by atoms with E-state index >= 15 is 0 Å². The molecule has 1 rings (SSSR count). The van der Waals surface area contributed by atoms with Gasteiger partial charge in [-0.15, -0.1) is 0 Å². The van der Waals surface area contributed by atoms with Gasteiger partial charge in [0.25, 0.3) is 0 Å². The maximum absolute atomic E-state index is 11.8. The fraction of sp³-hybridized carbons (Fsp3) is 0.588. The number of esters is 2. The van der Waals surface area contributed by atoms with Crippen molar-refractivity contribution in [1.29, 1.82) is 0 Å². The molecule has 5 heteroatoms. The van der Waals surface area contributed by atoms with Crippen LogP contribution in [0, 0.1) is 0 Å². The SMILES string of the molecule is CCCCCOC(=O)c1ccc(C(=O)OCCCCC)nc1. The Labute approximate surface area is 132 Å². The number of hydrogen-bond donors (Lipinski definition) is 0. The highest BCUT2D eigenvalue weighted by molar-refractivity contribution is 5.91. The lowest BCUT2D eigenvalue weighted by molar-refractivity contribution is 0.0478. The van der Waals surface area contributed by atoms with Crippen LogP contribution in [0.5, 0.6) is 0 Å². The van der Waals surface area contributed by atoms with Gasteiger partial charge in [-0.1, -0.05) is 39.5 Å². The molecule has 0 N–H and O–H groups in total. The maximum atomic E-state index is 11.8. The number of rotatable bonds is 10. The Hall–Kier alpha value is -1.91. The van der Waals surface area contributed by atoms with Crippen molar-refractivity contribution in [2.75, 3.05) is 13.2 Å². The second-order valence-electron chi connectivity index (χ2n) is 5.12. The Morgan fingerprint density at radius 3 is 2.00 bits per heavy atom. The summed E-state index contributed by atoms with van der Waals surface area (Å²) in [6.45, 7) is 4.98. The second kappa shape index (κ2) is 10.8. The Morgan fingerprint density at radius 2 is 1.50 bits per heavy atom. The number of carbonyl (C=O) groups excluding carboxylic acids is 2. The minimum atomic E-state index is -0.459. The van der Waals surface area contributed by atoms with Gasteiger partial charge in [-0.3, -0.25) is 0 Å². The number of hydrogen-bond acceptors (Lipinski definition) is 5. The first kappa shape index (κ1) is 18.1.